The minimum atomic E-state index is -0.782. The molecule has 4 nitrogen and oxygen atoms in total. The van der Waals surface area contributed by atoms with Crippen LogP contribution in [0.3, 0.4) is 0 Å². The monoisotopic (exact) mass is 411 g/mol. The summed E-state index contributed by atoms with van der Waals surface area (Å²) in [5.41, 5.74) is 1.77. The van der Waals surface area contributed by atoms with Crippen LogP contribution in [0.4, 0.5) is 5.69 Å². The van der Waals surface area contributed by atoms with Crippen LogP contribution in [0.5, 0.6) is 0 Å². The second-order valence-electron chi connectivity index (χ2n) is 4.00. The zero-order chi connectivity index (χ0) is 14.4. The van der Waals surface area contributed by atoms with E-state index >= 15 is 0 Å². The van der Waals surface area contributed by atoms with Gasteiger partial charge in [-0.3, -0.25) is 4.79 Å². The van der Waals surface area contributed by atoms with Crippen LogP contribution in [0, 0.1) is 6.92 Å². The third-order valence-corrected chi connectivity index (χ3v) is 4.54. The average molecular weight is 413 g/mol. The van der Waals surface area contributed by atoms with Crippen molar-refractivity contribution in [3.05, 3.63) is 26.6 Å². The molecule has 3 N–H and O–H groups in total. The Labute approximate surface area is 133 Å². The van der Waals surface area contributed by atoms with E-state index in [0.29, 0.717) is 11.4 Å². The van der Waals surface area contributed by atoms with Crippen molar-refractivity contribution in [3.63, 3.8) is 0 Å². The molecule has 0 aliphatic heterocycles. The lowest BCUT2D eigenvalue weighted by Crippen LogP contribution is -2.19. The number of hydrogen-bond donors (Lipinski definition) is 3. The number of nitrogens with one attached hydrogen (secondary N) is 1. The summed E-state index contributed by atoms with van der Waals surface area (Å²) < 4.78 is 1.63. The SMILES string of the molecule is Cc1cc(Br)c(NC(=O)CSCC(O)CO)c(Br)c1. The predicted octanol–water partition coefficient (Wildman–Crippen LogP) is 2.54. The number of carbonyl (C=O) groups is 1. The molecule has 0 aromatic heterocycles. The molecule has 106 valence electrons. The van der Waals surface area contributed by atoms with Gasteiger partial charge in [0.2, 0.25) is 5.91 Å². The zero-order valence-corrected chi connectivity index (χ0v) is 14.3. The molecule has 7 heteroatoms. The maximum absolute atomic E-state index is 11.8. The Morgan fingerprint density at radius 2 is 2.00 bits per heavy atom. The number of anilines is 1. The van der Waals surface area contributed by atoms with Crippen LogP contribution < -0.4 is 5.32 Å². The van der Waals surface area contributed by atoms with Crippen molar-refractivity contribution >= 4 is 55.2 Å². The van der Waals surface area contributed by atoms with Crippen LogP contribution in [0.25, 0.3) is 0 Å². The maximum atomic E-state index is 11.8. The fourth-order valence-electron chi connectivity index (χ4n) is 1.34. The molecule has 0 radical (unpaired) electrons. The topological polar surface area (TPSA) is 69.6 Å². The minimum absolute atomic E-state index is 0.152. The van der Waals surface area contributed by atoms with Crippen LogP contribution in [0.2, 0.25) is 0 Å². The molecule has 1 atom stereocenters. The first-order valence-electron chi connectivity index (χ1n) is 5.56. The lowest BCUT2D eigenvalue weighted by Gasteiger charge is -2.11. The van der Waals surface area contributed by atoms with E-state index in [1.54, 1.807) is 0 Å². The number of carbonyl (C=O) groups excluding carboxylic acids is 1. The maximum Gasteiger partial charge on any atom is 0.234 e. The number of amides is 1. The van der Waals surface area contributed by atoms with Crippen molar-refractivity contribution in [1.82, 2.24) is 0 Å². The molecule has 1 aromatic carbocycles. The Hall–Kier alpha value is -0.0800. The van der Waals surface area contributed by atoms with Gasteiger partial charge in [-0.05, 0) is 56.5 Å². The summed E-state index contributed by atoms with van der Waals surface area (Å²) in [7, 11) is 0. The highest BCUT2D eigenvalue weighted by atomic mass is 79.9. The molecule has 1 aromatic rings. The fourth-order valence-corrected chi connectivity index (χ4v) is 3.70. The first-order valence-corrected chi connectivity index (χ1v) is 8.30. The minimum Gasteiger partial charge on any atom is -0.394 e. The molecule has 0 aliphatic carbocycles. The third kappa shape index (κ3) is 5.83. The lowest BCUT2D eigenvalue weighted by atomic mass is 10.2. The smallest absolute Gasteiger partial charge is 0.234 e. The zero-order valence-electron chi connectivity index (χ0n) is 10.3. The lowest BCUT2D eigenvalue weighted by molar-refractivity contribution is -0.113. The van der Waals surface area contributed by atoms with E-state index in [9.17, 15) is 4.79 Å². The molecule has 0 spiro atoms. The first kappa shape index (κ1) is 17.0. The van der Waals surface area contributed by atoms with Crippen LogP contribution in [-0.2, 0) is 4.79 Å². The standard InChI is InChI=1S/C12H15Br2NO3S/c1-7-2-9(13)12(10(14)3-7)15-11(18)6-19-5-8(17)4-16/h2-3,8,16-17H,4-6H2,1H3,(H,15,18). The summed E-state index contributed by atoms with van der Waals surface area (Å²) in [6.45, 7) is 1.68. The molecule has 1 amide bonds. The van der Waals surface area contributed by atoms with Gasteiger partial charge in [0, 0.05) is 14.7 Å². The predicted molar refractivity (Wildman–Crippen MR) is 85.6 cm³/mol. The number of halogens is 2. The van der Waals surface area contributed by atoms with E-state index in [-0.39, 0.29) is 18.3 Å². The molecule has 1 unspecified atom stereocenters. The quantitative estimate of drug-likeness (QED) is 0.671. The molecular weight excluding hydrogens is 398 g/mol. The van der Waals surface area contributed by atoms with Gasteiger partial charge in [-0.2, -0.15) is 0 Å². The van der Waals surface area contributed by atoms with E-state index in [0.717, 1.165) is 14.5 Å². The van der Waals surface area contributed by atoms with E-state index in [1.165, 1.54) is 11.8 Å². The molecule has 0 heterocycles. The first-order chi connectivity index (χ1) is 8.93. The summed E-state index contributed by atoms with van der Waals surface area (Å²) in [5.74, 6) is 0.407. The second-order valence-corrected chi connectivity index (χ2v) is 6.74. The Morgan fingerprint density at radius 3 is 2.53 bits per heavy atom. The van der Waals surface area contributed by atoms with Crippen molar-refractivity contribution < 1.29 is 15.0 Å². The van der Waals surface area contributed by atoms with E-state index < -0.39 is 6.10 Å². The summed E-state index contributed by atoms with van der Waals surface area (Å²) in [5, 5.41) is 20.6. The number of thioether (sulfide) groups is 1. The average Bonchev–Trinajstić information content (AvgIpc) is 2.33. The molecule has 0 saturated heterocycles. The highest BCUT2D eigenvalue weighted by Crippen LogP contribution is 2.32. The Kier molecular flexibility index (Phi) is 7.38. The van der Waals surface area contributed by atoms with E-state index in [4.69, 9.17) is 10.2 Å². The van der Waals surface area contributed by atoms with E-state index in [1.807, 2.05) is 19.1 Å². The fraction of sp³-hybridized carbons (Fsp3) is 0.417. The Bertz CT molecular complexity index is 434. The largest absolute Gasteiger partial charge is 0.394 e. The molecule has 0 saturated carbocycles. The van der Waals surface area contributed by atoms with Gasteiger partial charge in [0.25, 0.3) is 0 Å². The van der Waals surface area contributed by atoms with Crippen LogP contribution in [0.15, 0.2) is 21.1 Å². The normalized spacial score (nSPS) is 12.3. The number of aryl methyl sites for hydroxylation is 1. The highest BCUT2D eigenvalue weighted by Gasteiger charge is 2.11. The van der Waals surface area contributed by atoms with Crippen molar-refractivity contribution in [3.8, 4) is 0 Å². The van der Waals surface area contributed by atoms with Crippen molar-refractivity contribution in [2.75, 3.05) is 23.4 Å². The van der Waals surface area contributed by atoms with Gasteiger partial charge in [0.05, 0.1) is 24.2 Å². The molecule has 0 aliphatic rings. The van der Waals surface area contributed by atoms with E-state index in [2.05, 4.69) is 37.2 Å². The summed E-state index contributed by atoms with van der Waals surface area (Å²) in [6, 6.07) is 3.84. The van der Waals surface area contributed by atoms with Gasteiger partial charge in [0.1, 0.15) is 0 Å². The molecule has 0 fully saturated rings. The van der Waals surface area contributed by atoms with Gasteiger partial charge in [0.15, 0.2) is 0 Å². The molecular formula is C12H15Br2NO3S. The van der Waals surface area contributed by atoms with Crippen molar-refractivity contribution in [2.45, 2.75) is 13.0 Å². The van der Waals surface area contributed by atoms with Crippen LogP contribution in [-0.4, -0.2) is 40.3 Å². The second kappa shape index (κ2) is 8.26. The van der Waals surface area contributed by atoms with Crippen molar-refractivity contribution in [2.24, 2.45) is 0 Å². The van der Waals surface area contributed by atoms with Crippen LogP contribution >= 0.6 is 43.6 Å². The van der Waals surface area contributed by atoms with Gasteiger partial charge >= 0.3 is 0 Å². The Morgan fingerprint density at radius 1 is 1.42 bits per heavy atom. The Balaban J connectivity index is 2.53. The molecule has 0 bridgehead atoms. The summed E-state index contributed by atoms with van der Waals surface area (Å²) in [6.07, 6.45) is -0.782. The summed E-state index contributed by atoms with van der Waals surface area (Å²) in [4.78, 5) is 11.8. The number of rotatable bonds is 6. The third-order valence-electron chi connectivity index (χ3n) is 2.21. The van der Waals surface area contributed by atoms with Crippen molar-refractivity contribution in [1.29, 1.82) is 0 Å². The number of hydrogen-bond acceptors (Lipinski definition) is 4. The number of aliphatic hydroxyl groups excluding tert-OH is 2. The van der Waals surface area contributed by atoms with Gasteiger partial charge in [-0.1, -0.05) is 0 Å². The summed E-state index contributed by atoms with van der Waals surface area (Å²) >= 11 is 8.08. The molecule has 19 heavy (non-hydrogen) atoms. The number of benzene rings is 1. The van der Waals surface area contributed by atoms with Crippen LogP contribution in [0.1, 0.15) is 5.56 Å². The molecule has 1 rings (SSSR count). The highest BCUT2D eigenvalue weighted by molar-refractivity contribution is 9.11. The van der Waals surface area contributed by atoms with Gasteiger partial charge in [-0.25, -0.2) is 0 Å². The van der Waals surface area contributed by atoms with Gasteiger partial charge in [-0.15, -0.1) is 11.8 Å². The number of aliphatic hydroxyl groups is 2. The van der Waals surface area contributed by atoms with Gasteiger partial charge < -0.3 is 15.5 Å².